The molecular weight excluding hydrogens is 275 g/mol. The minimum atomic E-state index is -0.745. The number of phenolic OH excluding ortho intramolecular Hbond substituents is 1. The highest BCUT2D eigenvalue weighted by atomic mass is 19.1. The van der Waals surface area contributed by atoms with Crippen molar-refractivity contribution < 1.29 is 19.4 Å². The molecular formula is C15H21FN2O3. The number of nitrogens with zero attached hydrogens (tertiary/aromatic N) is 1. The Kier molecular flexibility index (Phi) is 5.52. The number of piperidine rings is 1. The first-order chi connectivity index (χ1) is 10.1. The van der Waals surface area contributed by atoms with Gasteiger partial charge in [0, 0.05) is 24.7 Å². The molecule has 5 nitrogen and oxygen atoms in total. The van der Waals surface area contributed by atoms with Crippen molar-refractivity contribution in [3.8, 4) is 5.75 Å². The van der Waals surface area contributed by atoms with E-state index in [0.717, 1.165) is 37.9 Å². The highest BCUT2D eigenvalue weighted by Crippen LogP contribution is 2.17. The number of nitrogens with one attached hydrogen (secondary N) is 1. The van der Waals surface area contributed by atoms with E-state index in [2.05, 4.69) is 10.2 Å². The predicted molar refractivity (Wildman–Crippen MR) is 76.7 cm³/mol. The number of carbonyl (C=O) groups excluding carboxylic acids is 1. The number of phenols is 1. The summed E-state index contributed by atoms with van der Waals surface area (Å²) in [5.41, 5.74) is 0.228. The summed E-state index contributed by atoms with van der Waals surface area (Å²) in [4.78, 5) is 14.1. The second kappa shape index (κ2) is 7.38. The third-order valence-corrected chi connectivity index (χ3v) is 3.85. The van der Waals surface area contributed by atoms with Crippen LogP contribution in [0.15, 0.2) is 18.2 Å². The van der Waals surface area contributed by atoms with E-state index < -0.39 is 11.6 Å². The Balaban J connectivity index is 1.82. The smallest absolute Gasteiger partial charge is 0.251 e. The van der Waals surface area contributed by atoms with E-state index in [1.165, 1.54) is 6.07 Å². The number of carbonyl (C=O) groups is 1. The molecule has 1 fully saturated rings. The number of rotatable bonds is 5. The van der Waals surface area contributed by atoms with Gasteiger partial charge in [-0.1, -0.05) is 6.42 Å². The van der Waals surface area contributed by atoms with Crippen molar-refractivity contribution in [3.63, 3.8) is 0 Å². The Morgan fingerprint density at radius 1 is 1.43 bits per heavy atom. The van der Waals surface area contributed by atoms with Gasteiger partial charge in [0.05, 0.1) is 6.61 Å². The van der Waals surface area contributed by atoms with Gasteiger partial charge >= 0.3 is 0 Å². The maximum atomic E-state index is 12.9. The molecule has 0 saturated carbocycles. The van der Waals surface area contributed by atoms with Gasteiger partial charge in [-0.2, -0.15) is 0 Å². The second-order valence-corrected chi connectivity index (χ2v) is 5.29. The van der Waals surface area contributed by atoms with Crippen LogP contribution in [0.5, 0.6) is 5.75 Å². The number of halogens is 1. The number of hydrogen-bond donors (Lipinski definition) is 3. The third kappa shape index (κ3) is 4.15. The molecule has 116 valence electrons. The van der Waals surface area contributed by atoms with E-state index >= 15 is 0 Å². The zero-order valence-corrected chi connectivity index (χ0v) is 11.9. The van der Waals surface area contributed by atoms with Crippen molar-refractivity contribution in [2.45, 2.75) is 25.3 Å². The Morgan fingerprint density at radius 3 is 2.95 bits per heavy atom. The molecule has 21 heavy (non-hydrogen) atoms. The van der Waals surface area contributed by atoms with Gasteiger partial charge in [-0.25, -0.2) is 4.39 Å². The van der Waals surface area contributed by atoms with Crippen LogP contribution in [0.1, 0.15) is 29.6 Å². The first kappa shape index (κ1) is 15.7. The van der Waals surface area contributed by atoms with Gasteiger partial charge in [0.2, 0.25) is 0 Å². The largest absolute Gasteiger partial charge is 0.505 e. The van der Waals surface area contributed by atoms with E-state index in [0.29, 0.717) is 13.1 Å². The van der Waals surface area contributed by atoms with Crippen LogP contribution in [0.4, 0.5) is 4.39 Å². The predicted octanol–water partition coefficient (Wildman–Crippen LogP) is 1.11. The zero-order valence-electron chi connectivity index (χ0n) is 11.9. The van der Waals surface area contributed by atoms with Gasteiger partial charge in [0.1, 0.15) is 0 Å². The summed E-state index contributed by atoms with van der Waals surface area (Å²) in [6, 6.07) is 3.69. The third-order valence-electron chi connectivity index (χ3n) is 3.85. The van der Waals surface area contributed by atoms with E-state index in [1.54, 1.807) is 0 Å². The van der Waals surface area contributed by atoms with E-state index in [1.807, 2.05) is 0 Å². The number of likely N-dealkylation sites (tertiary alicyclic amines) is 1. The SMILES string of the molecule is O=C(NCCN1CCCCC1CO)c1ccc(F)c(O)c1. The maximum absolute atomic E-state index is 12.9. The van der Waals surface area contributed by atoms with Crippen molar-refractivity contribution in [1.29, 1.82) is 0 Å². The Morgan fingerprint density at radius 2 is 2.24 bits per heavy atom. The molecule has 1 unspecified atom stereocenters. The molecule has 1 aromatic carbocycles. The van der Waals surface area contributed by atoms with Gasteiger partial charge in [0.25, 0.3) is 5.91 Å². The fourth-order valence-corrected chi connectivity index (χ4v) is 2.63. The summed E-state index contributed by atoms with van der Waals surface area (Å²) < 4.78 is 12.9. The molecule has 0 aliphatic carbocycles. The Hall–Kier alpha value is -1.66. The molecule has 1 amide bonds. The standard InChI is InChI=1S/C15H21FN2O3/c16-13-5-4-11(9-14(13)20)15(21)17-6-8-18-7-2-1-3-12(18)10-19/h4-5,9,12,19-20H,1-3,6-8,10H2,(H,17,21). The summed E-state index contributed by atoms with van der Waals surface area (Å²) in [6.07, 6.45) is 3.22. The fourth-order valence-electron chi connectivity index (χ4n) is 2.63. The van der Waals surface area contributed by atoms with E-state index in [9.17, 15) is 19.4 Å². The zero-order chi connectivity index (χ0) is 15.2. The van der Waals surface area contributed by atoms with Crippen molar-refractivity contribution >= 4 is 5.91 Å². The van der Waals surface area contributed by atoms with Crippen LogP contribution in [-0.4, -0.2) is 53.3 Å². The maximum Gasteiger partial charge on any atom is 0.251 e. The number of aliphatic hydroxyl groups is 1. The minimum absolute atomic E-state index is 0.139. The molecule has 1 aliphatic heterocycles. The molecule has 1 aromatic rings. The average molecular weight is 296 g/mol. The number of hydrogen-bond acceptors (Lipinski definition) is 4. The highest BCUT2D eigenvalue weighted by Gasteiger charge is 2.21. The lowest BCUT2D eigenvalue weighted by Gasteiger charge is -2.34. The van der Waals surface area contributed by atoms with Crippen LogP contribution in [0.2, 0.25) is 0 Å². The molecule has 1 saturated heterocycles. The van der Waals surface area contributed by atoms with Crippen LogP contribution >= 0.6 is 0 Å². The lowest BCUT2D eigenvalue weighted by molar-refractivity contribution is 0.0849. The van der Waals surface area contributed by atoms with Crippen molar-refractivity contribution in [1.82, 2.24) is 10.2 Å². The summed E-state index contributed by atoms with van der Waals surface area (Å²) in [6.45, 7) is 2.19. The molecule has 2 rings (SSSR count). The van der Waals surface area contributed by atoms with Crippen molar-refractivity contribution in [2.24, 2.45) is 0 Å². The van der Waals surface area contributed by atoms with Crippen molar-refractivity contribution in [3.05, 3.63) is 29.6 Å². The molecule has 6 heteroatoms. The van der Waals surface area contributed by atoms with Crippen LogP contribution in [0.25, 0.3) is 0 Å². The Labute approximate surface area is 123 Å². The highest BCUT2D eigenvalue weighted by molar-refractivity contribution is 5.94. The van der Waals surface area contributed by atoms with E-state index in [-0.39, 0.29) is 24.1 Å². The second-order valence-electron chi connectivity index (χ2n) is 5.29. The first-order valence-corrected chi connectivity index (χ1v) is 7.23. The minimum Gasteiger partial charge on any atom is -0.505 e. The number of benzene rings is 1. The molecule has 0 radical (unpaired) electrons. The molecule has 3 N–H and O–H groups in total. The van der Waals surface area contributed by atoms with Gasteiger partial charge in [-0.3, -0.25) is 9.69 Å². The number of aromatic hydroxyl groups is 1. The monoisotopic (exact) mass is 296 g/mol. The van der Waals surface area contributed by atoms with Gasteiger partial charge < -0.3 is 15.5 Å². The summed E-state index contributed by atoms with van der Waals surface area (Å²) in [7, 11) is 0. The Bertz CT molecular complexity index is 496. The van der Waals surface area contributed by atoms with Crippen molar-refractivity contribution in [2.75, 3.05) is 26.2 Å². The van der Waals surface area contributed by atoms with Gasteiger partial charge in [0.15, 0.2) is 11.6 Å². The molecule has 1 aliphatic rings. The number of aliphatic hydroxyl groups excluding tert-OH is 1. The van der Waals surface area contributed by atoms with Crippen LogP contribution in [0, 0.1) is 5.82 Å². The van der Waals surface area contributed by atoms with Crippen LogP contribution in [-0.2, 0) is 0 Å². The van der Waals surface area contributed by atoms with Crippen LogP contribution < -0.4 is 5.32 Å². The quantitative estimate of drug-likeness (QED) is 0.761. The van der Waals surface area contributed by atoms with Gasteiger partial charge in [-0.05, 0) is 37.6 Å². The lowest BCUT2D eigenvalue weighted by Crippen LogP contribution is -2.45. The fraction of sp³-hybridized carbons (Fsp3) is 0.533. The molecule has 0 bridgehead atoms. The summed E-state index contributed by atoms with van der Waals surface area (Å²) >= 11 is 0. The molecule has 1 heterocycles. The first-order valence-electron chi connectivity index (χ1n) is 7.23. The molecule has 0 aromatic heterocycles. The topological polar surface area (TPSA) is 72.8 Å². The summed E-state index contributed by atoms with van der Waals surface area (Å²) in [5.74, 6) is -1.62. The molecule has 1 atom stereocenters. The normalized spacial score (nSPS) is 19.4. The van der Waals surface area contributed by atoms with Gasteiger partial charge in [-0.15, -0.1) is 0 Å². The summed E-state index contributed by atoms with van der Waals surface area (Å²) in [5, 5.41) is 21.3. The lowest BCUT2D eigenvalue weighted by atomic mass is 10.0. The average Bonchev–Trinajstić information content (AvgIpc) is 2.50. The van der Waals surface area contributed by atoms with E-state index in [4.69, 9.17) is 0 Å². The van der Waals surface area contributed by atoms with Crippen LogP contribution in [0.3, 0.4) is 0 Å². The number of amides is 1. The molecule has 0 spiro atoms.